The topological polar surface area (TPSA) is 119 Å². The van der Waals surface area contributed by atoms with Crippen LogP contribution in [0.15, 0.2) is 84.9 Å². The van der Waals surface area contributed by atoms with Gasteiger partial charge in [0.15, 0.2) is 5.54 Å². The van der Waals surface area contributed by atoms with Crippen molar-refractivity contribution in [2.45, 2.75) is 23.6 Å². The lowest BCUT2D eigenvalue weighted by Gasteiger charge is -2.46. The summed E-state index contributed by atoms with van der Waals surface area (Å²) in [6, 6.07) is 21.5. The summed E-state index contributed by atoms with van der Waals surface area (Å²) in [5.41, 5.74) is -3.07. The van der Waals surface area contributed by atoms with Crippen LogP contribution >= 0.6 is 0 Å². The van der Waals surface area contributed by atoms with Gasteiger partial charge in [-0.15, -0.1) is 0 Å². The minimum atomic E-state index is -2.04. The standard InChI is InChI=1S/C26H24N2O7/c1-34-23(29)22-17-25(31,18-13-15-21(16-14-18)28(32)33)26(24(30)35-2,19-9-5-3-6-10-19)27(22)20-11-7-4-8-12-20/h3-16,22,31H,17H2,1-2H3/t22-,25-,26+/m0/s1. The van der Waals surface area contributed by atoms with Gasteiger partial charge in [-0.1, -0.05) is 48.5 Å². The van der Waals surface area contributed by atoms with Gasteiger partial charge in [0.2, 0.25) is 0 Å². The molecular weight excluding hydrogens is 452 g/mol. The Bertz CT molecular complexity index is 1230. The average molecular weight is 476 g/mol. The lowest BCUT2D eigenvalue weighted by Crippen LogP contribution is -2.61. The number of carbonyl (C=O) groups is 2. The predicted molar refractivity (Wildman–Crippen MR) is 126 cm³/mol. The minimum absolute atomic E-state index is 0.178. The zero-order chi connectivity index (χ0) is 25.2. The lowest BCUT2D eigenvalue weighted by atomic mass is 9.70. The number of anilines is 1. The van der Waals surface area contributed by atoms with Gasteiger partial charge in [0, 0.05) is 24.2 Å². The maximum Gasteiger partial charge on any atom is 0.339 e. The van der Waals surface area contributed by atoms with E-state index in [9.17, 15) is 24.8 Å². The molecule has 0 radical (unpaired) electrons. The molecule has 180 valence electrons. The van der Waals surface area contributed by atoms with Crippen molar-refractivity contribution in [1.82, 2.24) is 0 Å². The van der Waals surface area contributed by atoms with Gasteiger partial charge in [-0.2, -0.15) is 0 Å². The lowest BCUT2D eigenvalue weighted by molar-refractivity contribution is -0.384. The summed E-state index contributed by atoms with van der Waals surface area (Å²) in [5.74, 6) is -1.46. The van der Waals surface area contributed by atoms with Gasteiger partial charge < -0.3 is 19.5 Å². The molecule has 0 amide bonds. The third-order valence-corrected chi connectivity index (χ3v) is 6.50. The van der Waals surface area contributed by atoms with Crippen LogP contribution in [0, 0.1) is 10.1 Å². The van der Waals surface area contributed by atoms with Crippen LogP contribution in [-0.4, -0.2) is 42.2 Å². The van der Waals surface area contributed by atoms with Crippen LogP contribution in [0.4, 0.5) is 11.4 Å². The monoisotopic (exact) mass is 476 g/mol. The van der Waals surface area contributed by atoms with Crippen molar-refractivity contribution in [3.8, 4) is 0 Å². The number of methoxy groups -OCH3 is 2. The molecule has 0 bridgehead atoms. The third kappa shape index (κ3) is 3.60. The van der Waals surface area contributed by atoms with E-state index in [1.54, 1.807) is 60.7 Å². The van der Waals surface area contributed by atoms with E-state index in [0.29, 0.717) is 11.3 Å². The van der Waals surface area contributed by atoms with E-state index >= 15 is 0 Å². The number of non-ortho nitro benzene ring substituents is 1. The van der Waals surface area contributed by atoms with Crippen LogP contribution in [0.1, 0.15) is 17.5 Å². The summed E-state index contributed by atoms with van der Waals surface area (Å²) in [7, 11) is 2.44. The highest BCUT2D eigenvalue weighted by molar-refractivity contribution is 5.95. The number of esters is 2. The van der Waals surface area contributed by atoms with Crippen LogP contribution < -0.4 is 4.90 Å². The highest BCUT2D eigenvalue weighted by atomic mass is 16.6. The van der Waals surface area contributed by atoms with E-state index in [1.165, 1.54) is 43.4 Å². The molecule has 1 aliphatic rings. The molecule has 1 fully saturated rings. The molecule has 1 heterocycles. The van der Waals surface area contributed by atoms with Crippen LogP contribution in [0.25, 0.3) is 0 Å². The molecular formula is C26H24N2O7. The zero-order valence-corrected chi connectivity index (χ0v) is 19.2. The maximum atomic E-state index is 13.9. The number of ether oxygens (including phenoxy) is 2. The average Bonchev–Trinajstić information content (AvgIpc) is 3.19. The van der Waals surface area contributed by atoms with E-state index < -0.39 is 34.0 Å². The van der Waals surface area contributed by atoms with E-state index in [4.69, 9.17) is 9.47 Å². The summed E-state index contributed by atoms with van der Waals surface area (Å²) in [6.45, 7) is 0. The molecule has 4 rings (SSSR count). The summed E-state index contributed by atoms with van der Waals surface area (Å²) < 4.78 is 10.4. The summed E-state index contributed by atoms with van der Waals surface area (Å²) in [4.78, 5) is 39.1. The predicted octanol–water partition coefficient (Wildman–Crippen LogP) is 3.30. The number of nitrogens with zero attached hydrogens (tertiary/aromatic N) is 2. The molecule has 0 spiro atoms. The normalized spacial score (nSPS) is 23.5. The van der Waals surface area contributed by atoms with Gasteiger partial charge in [0.25, 0.3) is 5.69 Å². The molecule has 1 saturated heterocycles. The smallest absolute Gasteiger partial charge is 0.339 e. The number of hydrogen-bond acceptors (Lipinski definition) is 8. The maximum absolute atomic E-state index is 13.9. The SMILES string of the molecule is COC(=O)[C@@H]1C[C@](O)(c2ccc([N+](=O)[O-])cc2)[C@](C(=O)OC)(c2ccccc2)N1c1ccccc1. The van der Waals surface area contributed by atoms with E-state index in [2.05, 4.69) is 0 Å². The van der Waals surface area contributed by atoms with Crippen LogP contribution in [0.5, 0.6) is 0 Å². The Labute approximate surface area is 201 Å². The fourth-order valence-corrected chi connectivity index (χ4v) is 5.01. The number of carbonyl (C=O) groups excluding carboxylic acids is 2. The summed E-state index contributed by atoms with van der Waals surface area (Å²) >= 11 is 0. The fourth-order valence-electron chi connectivity index (χ4n) is 5.01. The van der Waals surface area contributed by atoms with Gasteiger partial charge >= 0.3 is 11.9 Å². The van der Waals surface area contributed by atoms with Crippen molar-refractivity contribution >= 4 is 23.3 Å². The molecule has 0 unspecified atom stereocenters. The van der Waals surface area contributed by atoms with Crippen molar-refractivity contribution in [2.24, 2.45) is 0 Å². The Kier molecular flexibility index (Phi) is 6.27. The molecule has 35 heavy (non-hydrogen) atoms. The number of rotatable bonds is 6. The third-order valence-electron chi connectivity index (χ3n) is 6.50. The number of nitro groups is 1. The van der Waals surface area contributed by atoms with Gasteiger partial charge in [-0.05, 0) is 35.4 Å². The van der Waals surface area contributed by atoms with E-state index in [0.717, 1.165) is 0 Å². The van der Waals surface area contributed by atoms with Crippen LogP contribution in [0.3, 0.4) is 0 Å². The first-order valence-corrected chi connectivity index (χ1v) is 10.8. The number of para-hydroxylation sites is 1. The molecule has 9 nitrogen and oxygen atoms in total. The van der Waals surface area contributed by atoms with Gasteiger partial charge in [-0.25, -0.2) is 9.59 Å². The Hall–Kier alpha value is -4.24. The van der Waals surface area contributed by atoms with Crippen molar-refractivity contribution < 1.29 is 29.1 Å². The molecule has 0 saturated carbocycles. The summed E-state index contributed by atoms with van der Waals surface area (Å²) in [6.07, 6.45) is -0.240. The Balaban J connectivity index is 2.10. The Morgan fingerprint density at radius 3 is 2.00 bits per heavy atom. The van der Waals surface area contributed by atoms with E-state index in [-0.39, 0.29) is 17.7 Å². The quantitative estimate of drug-likeness (QED) is 0.327. The van der Waals surface area contributed by atoms with Crippen molar-refractivity contribution in [2.75, 3.05) is 19.1 Å². The minimum Gasteiger partial charge on any atom is -0.467 e. The molecule has 3 atom stereocenters. The molecule has 3 aromatic rings. The number of benzene rings is 3. The fraction of sp³-hybridized carbons (Fsp3) is 0.231. The zero-order valence-electron chi connectivity index (χ0n) is 19.2. The first kappa shape index (κ1) is 23.9. The largest absolute Gasteiger partial charge is 0.467 e. The Morgan fingerprint density at radius 2 is 1.49 bits per heavy atom. The highest BCUT2D eigenvalue weighted by Gasteiger charge is 2.70. The first-order chi connectivity index (χ1) is 16.8. The number of nitro benzene ring substituents is 1. The first-order valence-electron chi connectivity index (χ1n) is 10.8. The molecule has 1 aliphatic heterocycles. The van der Waals surface area contributed by atoms with Crippen molar-refractivity contribution in [1.29, 1.82) is 0 Å². The van der Waals surface area contributed by atoms with Gasteiger partial charge in [0.05, 0.1) is 19.1 Å². The van der Waals surface area contributed by atoms with E-state index in [1.807, 2.05) is 0 Å². The molecule has 9 heteroatoms. The van der Waals surface area contributed by atoms with Gasteiger partial charge in [-0.3, -0.25) is 10.1 Å². The molecule has 0 aromatic heterocycles. The highest BCUT2D eigenvalue weighted by Crippen LogP contribution is 2.57. The number of hydrogen-bond donors (Lipinski definition) is 1. The van der Waals surface area contributed by atoms with Crippen LogP contribution in [0.2, 0.25) is 0 Å². The second-order valence-corrected chi connectivity index (χ2v) is 8.18. The number of aliphatic hydroxyl groups is 1. The molecule has 1 N–H and O–H groups in total. The second-order valence-electron chi connectivity index (χ2n) is 8.18. The Morgan fingerprint density at radius 1 is 0.914 bits per heavy atom. The van der Waals surface area contributed by atoms with Crippen molar-refractivity contribution in [3.05, 3.63) is 106 Å². The summed E-state index contributed by atoms with van der Waals surface area (Å²) in [5, 5.41) is 23.7. The van der Waals surface area contributed by atoms with Crippen LogP contribution in [-0.2, 0) is 30.2 Å². The molecule has 3 aromatic carbocycles. The van der Waals surface area contributed by atoms with Gasteiger partial charge in [0.1, 0.15) is 11.6 Å². The molecule has 0 aliphatic carbocycles. The second kappa shape index (κ2) is 9.19. The van der Waals surface area contributed by atoms with Crippen molar-refractivity contribution in [3.63, 3.8) is 0 Å².